The third-order valence-corrected chi connectivity index (χ3v) is 3.05. The van der Waals surface area contributed by atoms with Gasteiger partial charge in [-0.05, 0) is 5.56 Å². The Morgan fingerprint density at radius 3 is 2.60 bits per heavy atom. The number of benzene rings is 1. The van der Waals surface area contributed by atoms with Gasteiger partial charge in [0, 0.05) is 12.8 Å². The van der Waals surface area contributed by atoms with Crippen molar-refractivity contribution >= 4 is 17.5 Å². The van der Waals surface area contributed by atoms with Crippen molar-refractivity contribution in [1.82, 2.24) is 5.06 Å². The third kappa shape index (κ3) is 3.49. The maximum Gasteiger partial charge on any atom is 0.331 e. The molecule has 1 aromatic rings. The second-order valence-electron chi connectivity index (χ2n) is 4.58. The second kappa shape index (κ2) is 6.40. The number of hydroxylamine groups is 2. The van der Waals surface area contributed by atoms with Gasteiger partial charge in [0.25, 0.3) is 0 Å². The molecular weight excluding hydrogens is 262 g/mol. The minimum absolute atomic E-state index is 0.0546. The Balaban J connectivity index is 2.10. The first-order valence-electron chi connectivity index (χ1n) is 6.28. The van der Waals surface area contributed by atoms with Crippen LogP contribution in [0.5, 0.6) is 0 Å². The molecule has 2 rings (SSSR count). The average molecular weight is 277 g/mol. The molecule has 1 aliphatic rings. The Kier molecular flexibility index (Phi) is 4.60. The van der Waals surface area contributed by atoms with E-state index in [-0.39, 0.29) is 31.8 Å². The van der Waals surface area contributed by atoms with E-state index in [1.54, 1.807) is 0 Å². The van der Waals surface area contributed by atoms with Crippen LogP contribution in [0.15, 0.2) is 30.3 Å². The molecule has 6 heteroatoms. The standard InChI is InChI=1S/C14H15NO5/c16-11-6-7-12(17)13(14(18)19)15(8-11)20-9-10-4-2-1-3-5-10/h1-5,13H,6-9H2,(H,18,19)/t13-/m0/s1. The topological polar surface area (TPSA) is 83.9 Å². The van der Waals surface area contributed by atoms with Crippen molar-refractivity contribution in [1.29, 1.82) is 0 Å². The lowest BCUT2D eigenvalue weighted by atomic mass is 10.1. The van der Waals surface area contributed by atoms with E-state index in [9.17, 15) is 14.4 Å². The molecule has 1 N–H and O–H groups in total. The van der Waals surface area contributed by atoms with Crippen LogP contribution in [0.3, 0.4) is 0 Å². The number of hydrogen-bond acceptors (Lipinski definition) is 5. The number of Topliss-reactive ketones (excluding diaryl/α,β-unsaturated/α-hetero) is 2. The summed E-state index contributed by atoms with van der Waals surface area (Å²) in [4.78, 5) is 39.9. The quantitative estimate of drug-likeness (QED) is 0.820. The molecule has 1 aromatic carbocycles. The molecule has 6 nitrogen and oxygen atoms in total. The maximum atomic E-state index is 11.8. The lowest BCUT2D eigenvalue weighted by Crippen LogP contribution is -2.46. The van der Waals surface area contributed by atoms with E-state index < -0.39 is 17.8 Å². The summed E-state index contributed by atoms with van der Waals surface area (Å²) in [6.07, 6.45) is 0.00874. The highest BCUT2D eigenvalue weighted by atomic mass is 16.7. The van der Waals surface area contributed by atoms with E-state index >= 15 is 0 Å². The SMILES string of the molecule is O=C1CCC(=O)[C@@H](C(=O)O)N(OCc2ccccc2)C1. The van der Waals surface area contributed by atoms with Crippen LogP contribution in [-0.2, 0) is 25.8 Å². The lowest BCUT2D eigenvalue weighted by Gasteiger charge is -2.24. The molecule has 1 atom stereocenters. The van der Waals surface area contributed by atoms with Crippen LogP contribution in [0.1, 0.15) is 18.4 Å². The van der Waals surface area contributed by atoms with Gasteiger partial charge in [-0.15, -0.1) is 0 Å². The summed E-state index contributed by atoms with van der Waals surface area (Å²) >= 11 is 0. The fourth-order valence-electron chi connectivity index (χ4n) is 2.02. The van der Waals surface area contributed by atoms with E-state index in [4.69, 9.17) is 9.94 Å². The van der Waals surface area contributed by atoms with Gasteiger partial charge in [-0.2, -0.15) is 5.06 Å². The van der Waals surface area contributed by atoms with Gasteiger partial charge in [0.05, 0.1) is 13.2 Å². The molecule has 0 aliphatic carbocycles. The summed E-state index contributed by atoms with van der Waals surface area (Å²) in [6.45, 7) is -0.0687. The van der Waals surface area contributed by atoms with Crippen LogP contribution in [0.2, 0.25) is 0 Å². The van der Waals surface area contributed by atoms with Gasteiger partial charge in [0.1, 0.15) is 5.78 Å². The van der Waals surface area contributed by atoms with Crippen molar-refractivity contribution in [3.63, 3.8) is 0 Å². The highest BCUT2D eigenvalue weighted by molar-refractivity contribution is 6.04. The van der Waals surface area contributed by atoms with Crippen LogP contribution in [0, 0.1) is 0 Å². The summed E-state index contributed by atoms with van der Waals surface area (Å²) in [7, 11) is 0. The fourth-order valence-corrected chi connectivity index (χ4v) is 2.02. The van der Waals surface area contributed by atoms with E-state index in [2.05, 4.69) is 0 Å². The zero-order valence-corrected chi connectivity index (χ0v) is 10.8. The van der Waals surface area contributed by atoms with Gasteiger partial charge in [0.15, 0.2) is 11.8 Å². The van der Waals surface area contributed by atoms with Crippen LogP contribution < -0.4 is 0 Å². The number of carboxylic acids is 1. The number of carbonyl (C=O) groups excluding carboxylic acids is 2. The van der Waals surface area contributed by atoms with Crippen molar-refractivity contribution in [3.05, 3.63) is 35.9 Å². The normalized spacial score (nSPS) is 20.7. The number of carbonyl (C=O) groups is 3. The van der Waals surface area contributed by atoms with Crippen LogP contribution in [0.25, 0.3) is 0 Å². The summed E-state index contributed by atoms with van der Waals surface area (Å²) in [5.41, 5.74) is 0.834. The molecule has 20 heavy (non-hydrogen) atoms. The summed E-state index contributed by atoms with van der Waals surface area (Å²) < 4.78 is 0. The zero-order chi connectivity index (χ0) is 14.5. The van der Waals surface area contributed by atoms with Crippen molar-refractivity contribution in [2.45, 2.75) is 25.5 Å². The summed E-state index contributed by atoms with van der Waals surface area (Å²) in [6, 6.07) is 7.72. The Bertz CT molecular complexity index is 514. The Morgan fingerprint density at radius 1 is 1.25 bits per heavy atom. The Hall–Kier alpha value is -2.05. The van der Waals surface area contributed by atoms with Gasteiger partial charge in [-0.1, -0.05) is 30.3 Å². The van der Waals surface area contributed by atoms with Crippen molar-refractivity contribution in [2.75, 3.05) is 6.54 Å². The van der Waals surface area contributed by atoms with Crippen LogP contribution >= 0.6 is 0 Å². The van der Waals surface area contributed by atoms with Crippen molar-refractivity contribution < 1.29 is 24.3 Å². The smallest absolute Gasteiger partial charge is 0.331 e. The second-order valence-corrected chi connectivity index (χ2v) is 4.58. The molecule has 0 amide bonds. The first-order chi connectivity index (χ1) is 9.58. The molecule has 0 bridgehead atoms. The van der Waals surface area contributed by atoms with Gasteiger partial charge in [0.2, 0.25) is 0 Å². The first-order valence-corrected chi connectivity index (χ1v) is 6.28. The minimum Gasteiger partial charge on any atom is -0.480 e. The van der Waals surface area contributed by atoms with E-state index in [1.165, 1.54) is 0 Å². The molecule has 1 saturated heterocycles. The monoisotopic (exact) mass is 277 g/mol. The first kappa shape index (κ1) is 14.4. The zero-order valence-electron chi connectivity index (χ0n) is 10.8. The maximum absolute atomic E-state index is 11.8. The molecule has 106 valence electrons. The number of ketones is 2. The fraction of sp³-hybridized carbons (Fsp3) is 0.357. The molecule has 0 unspecified atom stereocenters. The van der Waals surface area contributed by atoms with Gasteiger partial charge in [-0.25, -0.2) is 4.79 Å². The molecule has 1 heterocycles. The molecular formula is C14H15NO5. The highest BCUT2D eigenvalue weighted by Gasteiger charge is 2.37. The highest BCUT2D eigenvalue weighted by Crippen LogP contribution is 2.14. The van der Waals surface area contributed by atoms with Crippen molar-refractivity contribution in [2.24, 2.45) is 0 Å². The molecule has 1 fully saturated rings. The number of nitrogens with zero attached hydrogens (tertiary/aromatic N) is 1. The van der Waals surface area contributed by atoms with E-state index in [1.807, 2.05) is 30.3 Å². The minimum atomic E-state index is -1.41. The van der Waals surface area contributed by atoms with E-state index in [0.29, 0.717) is 0 Å². The molecule has 1 aliphatic heterocycles. The number of hydrogen-bond donors (Lipinski definition) is 1. The molecule has 0 saturated carbocycles. The van der Waals surface area contributed by atoms with Crippen LogP contribution in [0.4, 0.5) is 0 Å². The average Bonchev–Trinajstić information content (AvgIpc) is 2.57. The number of rotatable bonds is 4. The van der Waals surface area contributed by atoms with Gasteiger partial charge >= 0.3 is 5.97 Å². The largest absolute Gasteiger partial charge is 0.480 e. The molecule has 0 spiro atoms. The van der Waals surface area contributed by atoms with Crippen molar-refractivity contribution in [3.8, 4) is 0 Å². The summed E-state index contributed by atoms with van der Waals surface area (Å²) in [5.74, 6) is -2.00. The predicted octanol–water partition coefficient (Wildman–Crippen LogP) is 0.805. The lowest BCUT2D eigenvalue weighted by molar-refractivity contribution is -0.203. The number of aliphatic carboxylic acids is 1. The summed E-state index contributed by atoms with van der Waals surface area (Å²) in [5, 5.41) is 10.1. The molecule has 0 radical (unpaired) electrons. The van der Waals surface area contributed by atoms with Gasteiger partial charge < -0.3 is 5.11 Å². The van der Waals surface area contributed by atoms with E-state index in [0.717, 1.165) is 10.6 Å². The van der Waals surface area contributed by atoms with Gasteiger partial charge in [-0.3, -0.25) is 14.4 Å². The molecule has 0 aromatic heterocycles. The number of carboxylic acid groups (broad SMARTS) is 1. The predicted molar refractivity (Wildman–Crippen MR) is 68.6 cm³/mol. The Morgan fingerprint density at radius 2 is 1.95 bits per heavy atom. The Labute approximate surface area is 115 Å². The van der Waals surface area contributed by atoms with Crippen LogP contribution in [-0.4, -0.2) is 40.3 Å². The third-order valence-electron chi connectivity index (χ3n) is 3.05.